The van der Waals surface area contributed by atoms with E-state index in [-0.39, 0.29) is 5.56 Å². The van der Waals surface area contributed by atoms with Gasteiger partial charge in [-0.3, -0.25) is 0 Å². The van der Waals surface area contributed by atoms with Crippen LogP contribution in [0.25, 0.3) is 0 Å². The van der Waals surface area contributed by atoms with Crippen molar-refractivity contribution in [2.75, 3.05) is 13.2 Å². The Kier molecular flexibility index (Phi) is 5.40. The first-order valence-electron chi connectivity index (χ1n) is 6.37. The maximum Gasteiger partial charge on any atom is 0.338 e. The van der Waals surface area contributed by atoms with Crippen molar-refractivity contribution in [1.82, 2.24) is 5.32 Å². The molecule has 0 saturated heterocycles. The van der Waals surface area contributed by atoms with Crippen LogP contribution in [0.3, 0.4) is 0 Å². The average Bonchev–Trinajstić information content (AvgIpc) is 3.08. The molecule has 2 heterocycles. The van der Waals surface area contributed by atoms with E-state index in [1.54, 1.807) is 6.26 Å². The molecule has 0 saturated carbocycles. The molecular formula is C14H17NO5. The van der Waals surface area contributed by atoms with Gasteiger partial charge in [0.25, 0.3) is 0 Å². The average molecular weight is 279 g/mol. The summed E-state index contributed by atoms with van der Waals surface area (Å²) in [6.07, 6.45) is 3.72. The van der Waals surface area contributed by atoms with Gasteiger partial charge in [0.1, 0.15) is 24.4 Å². The van der Waals surface area contributed by atoms with Crippen LogP contribution in [0, 0.1) is 0 Å². The van der Waals surface area contributed by atoms with Crippen LogP contribution in [0.5, 0.6) is 0 Å². The van der Waals surface area contributed by atoms with Gasteiger partial charge in [-0.2, -0.15) is 0 Å². The standard InChI is InChI=1S/C14H17NO5/c16-14(17)11-7-13(20-9-11)8-15-4-2-5-18-10-12-3-1-6-19-12/h1,3,6-7,9,15H,2,4-5,8,10H2,(H,16,17). The fraction of sp³-hybridized carbons (Fsp3) is 0.357. The van der Waals surface area contributed by atoms with Gasteiger partial charge in [-0.1, -0.05) is 0 Å². The van der Waals surface area contributed by atoms with Crippen LogP contribution in [-0.2, 0) is 17.9 Å². The summed E-state index contributed by atoms with van der Waals surface area (Å²) in [5.74, 6) is 0.444. The summed E-state index contributed by atoms with van der Waals surface area (Å²) in [7, 11) is 0. The second-order valence-corrected chi connectivity index (χ2v) is 4.27. The Labute approximate surface area is 116 Å². The van der Waals surface area contributed by atoms with Gasteiger partial charge in [-0.15, -0.1) is 0 Å². The Balaban J connectivity index is 1.52. The Morgan fingerprint density at radius 1 is 1.35 bits per heavy atom. The number of aromatic carboxylic acids is 1. The normalized spacial score (nSPS) is 10.8. The lowest BCUT2D eigenvalue weighted by molar-refractivity contribution is 0.0696. The summed E-state index contributed by atoms with van der Waals surface area (Å²) in [4.78, 5) is 10.7. The van der Waals surface area contributed by atoms with Crippen LogP contribution in [0.4, 0.5) is 0 Å². The van der Waals surface area contributed by atoms with Gasteiger partial charge < -0.3 is 24.0 Å². The molecule has 0 aromatic carbocycles. The maximum absolute atomic E-state index is 10.7. The first kappa shape index (κ1) is 14.4. The van der Waals surface area contributed by atoms with Gasteiger partial charge in [0, 0.05) is 6.61 Å². The quantitative estimate of drug-likeness (QED) is 0.685. The van der Waals surface area contributed by atoms with Crippen LogP contribution in [0.1, 0.15) is 28.3 Å². The molecule has 2 N–H and O–H groups in total. The van der Waals surface area contributed by atoms with Gasteiger partial charge in [0.05, 0.1) is 18.4 Å². The highest BCUT2D eigenvalue weighted by atomic mass is 16.5. The van der Waals surface area contributed by atoms with E-state index in [0.29, 0.717) is 25.5 Å². The van der Waals surface area contributed by atoms with Crippen molar-refractivity contribution >= 4 is 5.97 Å². The third-order valence-electron chi connectivity index (χ3n) is 2.67. The summed E-state index contributed by atoms with van der Waals surface area (Å²) in [5, 5.41) is 11.9. The van der Waals surface area contributed by atoms with E-state index in [1.807, 2.05) is 12.1 Å². The molecule has 2 rings (SSSR count). The number of hydrogen-bond donors (Lipinski definition) is 2. The summed E-state index contributed by atoms with van der Waals surface area (Å²) in [6.45, 7) is 2.38. The largest absolute Gasteiger partial charge is 0.478 e. The highest BCUT2D eigenvalue weighted by Crippen LogP contribution is 2.07. The molecule has 0 unspecified atom stereocenters. The Morgan fingerprint density at radius 2 is 2.25 bits per heavy atom. The molecule has 0 aliphatic rings. The number of hydrogen-bond acceptors (Lipinski definition) is 5. The predicted octanol–water partition coefficient (Wildman–Crippen LogP) is 2.27. The molecule has 0 aliphatic carbocycles. The van der Waals surface area contributed by atoms with Gasteiger partial charge in [-0.25, -0.2) is 4.79 Å². The SMILES string of the molecule is O=C(O)c1coc(CNCCCOCc2ccco2)c1. The molecule has 2 aromatic rings. The minimum Gasteiger partial charge on any atom is -0.478 e. The van der Waals surface area contributed by atoms with Crippen molar-refractivity contribution in [3.63, 3.8) is 0 Å². The maximum atomic E-state index is 10.7. The summed E-state index contributed by atoms with van der Waals surface area (Å²) < 4.78 is 15.7. The van der Waals surface area contributed by atoms with Gasteiger partial charge >= 0.3 is 5.97 Å². The Morgan fingerprint density at radius 3 is 2.95 bits per heavy atom. The van der Waals surface area contributed by atoms with Crippen LogP contribution >= 0.6 is 0 Å². The molecule has 20 heavy (non-hydrogen) atoms. The van der Waals surface area contributed by atoms with Crippen LogP contribution in [-0.4, -0.2) is 24.2 Å². The fourth-order valence-electron chi connectivity index (χ4n) is 1.66. The molecule has 0 fully saturated rings. The Bertz CT molecular complexity index is 517. The third-order valence-corrected chi connectivity index (χ3v) is 2.67. The fourth-order valence-corrected chi connectivity index (χ4v) is 1.66. The second-order valence-electron chi connectivity index (χ2n) is 4.27. The van der Waals surface area contributed by atoms with Crippen LogP contribution < -0.4 is 5.32 Å². The van der Waals surface area contributed by atoms with Crippen LogP contribution in [0.15, 0.2) is 39.6 Å². The van der Waals surface area contributed by atoms with Gasteiger partial charge in [0.15, 0.2) is 0 Å². The van der Waals surface area contributed by atoms with E-state index < -0.39 is 5.97 Å². The minimum absolute atomic E-state index is 0.170. The Hall–Kier alpha value is -2.05. The summed E-state index contributed by atoms with van der Waals surface area (Å²) >= 11 is 0. The molecule has 108 valence electrons. The smallest absolute Gasteiger partial charge is 0.338 e. The van der Waals surface area contributed by atoms with E-state index in [4.69, 9.17) is 18.7 Å². The van der Waals surface area contributed by atoms with Crippen molar-refractivity contribution in [2.24, 2.45) is 0 Å². The van der Waals surface area contributed by atoms with E-state index in [1.165, 1.54) is 12.3 Å². The molecule has 0 aliphatic heterocycles. The number of nitrogens with one attached hydrogen (secondary N) is 1. The molecule has 0 spiro atoms. The number of carbonyl (C=O) groups is 1. The highest BCUT2D eigenvalue weighted by Gasteiger charge is 2.07. The number of rotatable bonds is 9. The first-order chi connectivity index (χ1) is 9.75. The molecule has 0 bridgehead atoms. The lowest BCUT2D eigenvalue weighted by Crippen LogP contribution is -2.16. The zero-order valence-electron chi connectivity index (χ0n) is 11.0. The molecule has 2 aromatic heterocycles. The zero-order valence-corrected chi connectivity index (χ0v) is 11.0. The van der Waals surface area contributed by atoms with Crippen LogP contribution in [0.2, 0.25) is 0 Å². The lowest BCUT2D eigenvalue weighted by Gasteiger charge is -2.03. The third kappa shape index (κ3) is 4.56. The lowest BCUT2D eigenvalue weighted by atomic mass is 10.3. The number of carboxylic acids is 1. The number of carboxylic acid groups (broad SMARTS) is 1. The molecule has 0 atom stereocenters. The van der Waals surface area contributed by atoms with E-state index in [9.17, 15) is 4.79 Å². The summed E-state index contributed by atoms with van der Waals surface area (Å²) in [5.41, 5.74) is 0.170. The van der Waals surface area contributed by atoms with Gasteiger partial charge in [-0.05, 0) is 31.2 Å². The predicted molar refractivity (Wildman–Crippen MR) is 70.4 cm³/mol. The van der Waals surface area contributed by atoms with Crippen molar-refractivity contribution in [3.05, 3.63) is 47.8 Å². The molecule has 0 radical (unpaired) electrons. The topological polar surface area (TPSA) is 84.8 Å². The number of furan rings is 2. The van der Waals surface area contributed by atoms with Crippen molar-refractivity contribution < 1.29 is 23.5 Å². The molecule has 6 nitrogen and oxygen atoms in total. The van der Waals surface area contributed by atoms with Gasteiger partial charge in [0.2, 0.25) is 0 Å². The van der Waals surface area contributed by atoms with Crippen molar-refractivity contribution in [1.29, 1.82) is 0 Å². The monoisotopic (exact) mass is 279 g/mol. The minimum atomic E-state index is -0.980. The summed E-state index contributed by atoms with van der Waals surface area (Å²) in [6, 6.07) is 5.22. The van der Waals surface area contributed by atoms with Crippen molar-refractivity contribution in [3.8, 4) is 0 Å². The highest BCUT2D eigenvalue weighted by molar-refractivity contribution is 5.87. The van der Waals surface area contributed by atoms with E-state index in [2.05, 4.69) is 5.32 Å². The van der Waals surface area contributed by atoms with E-state index >= 15 is 0 Å². The molecule has 6 heteroatoms. The van der Waals surface area contributed by atoms with Crippen molar-refractivity contribution in [2.45, 2.75) is 19.6 Å². The molecular weight excluding hydrogens is 262 g/mol. The second kappa shape index (κ2) is 7.52. The van der Waals surface area contributed by atoms with E-state index in [0.717, 1.165) is 18.7 Å². The zero-order chi connectivity index (χ0) is 14.2. The molecule has 0 amide bonds. The number of ether oxygens (including phenoxy) is 1. The first-order valence-corrected chi connectivity index (χ1v) is 6.37.